The molecular weight excluding hydrogens is 448 g/mol. The summed E-state index contributed by atoms with van der Waals surface area (Å²) in [6.07, 6.45) is 0. The van der Waals surface area contributed by atoms with Gasteiger partial charge in [-0.25, -0.2) is 13.5 Å². The van der Waals surface area contributed by atoms with E-state index in [-0.39, 0.29) is 10.6 Å². The van der Waals surface area contributed by atoms with E-state index in [4.69, 9.17) is 23.2 Å². The lowest BCUT2D eigenvalue weighted by atomic mass is 10.2. The molecule has 3 aromatic carbocycles. The highest BCUT2D eigenvalue weighted by molar-refractivity contribution is 7.82. The van der Waals surface area contributed by atoms with Crippen molar-refractivity contribution in [3.8, 4) is 0 Å². The van der Waals surface area contributed by atoms with Gasteiger partial charge in [0.1, 0.15) is 5.82 Å². The highest BCUT2D eigenvalue weighted by Crippen LogP contribution is 2.31. The van der Waals surface area contributed by atoms with Gasteiger partial charge in [0.15, 0.2) is 0 Å². The molecule has 0 radical (unpaired) electrons. The van der Waals surface area contributed by atoms with Crippen molar-refractivity contribution in [2.45, 2.75) is 6.92 Å². The summed E-state index contributed by atoms with van der Waals surface area (Å²) in [5, 5.41) is 5.91. The van der Waals surface area contributed by atoms with Crippen LogP contribution in [0.1, 0.15) is 15.9 Å². The molecule has 0 unspecified atom stereocenters. The van der Waals surface area contributed by atoms with Crippen LogP contribution < -0.4 is 14.9 Å². The van der Waals surface area contributed by atoms with Gasteiger partial charge in [-0.1, -0.05) is 54.2 Å². The minimum atomic E-state index is -0.632. The number of anilines is 3. The third kappa shape index (κ3) is 5.05. The van der Waals surface area contributed by atoms with Gasteiger partial charge in [0.05, 0.1) is 16.3 Å². The zero-order valence-corrected chi connectivity index (χ0v) is 18.0. The largest absolute Gasteiger partial charge is 0.336 e. The van der Waals surface area contributed by atoms with E-state index in [0.717, 1.165) is 9.87 Å². The van der Waals surface area contributed by atoms with Gasteiger partial charge in [-0.15, -0.1) is 0 Å². The standard InChI is InChI=1S/C21H16Cl2FN3O2S/c1-12-6-7-14(10-16(12)22)26-21(29)27(30)19-9-8-13(11-17(19)23)25-20(28)15-4-2-3-5-18(15)24/h2-11,30H,1H3,(H,25,28)(H,26,29). The number of amides is 3. The number of halogens is 3. The second kappa shape index (κ2) is 9.38. The van der Waals surface area contributed by atoms with Gasteiger partial charge < -0.3 is 10.6 Å². The number of hydrogen-bond acceptors (Lipinski definition) is 3. The first kappa shape index (κ1) is 22.0. The first-order valence-corrected chi connectivity index (χ1v) is 9.83. The molecule has 3 aromatic rings. The Bertz CT molecular complexity index is 1130. The van der Waals surface area contributed by atoms with Crippen LogP contribution >= 0.6 is 36.0 Å². The van der Waals surface area contributed by atoms with E-state index in [1.807, 2.05) is 6.92 Å². The SMILES string of the molecule is Cc1ccc(NC(=O)N(S)c2ccc(NC(=O)c3ccccc3F)cc2Cl)cc1Cl. The molecule has 0 heterocycles. The Morgan fingerprint density at radius 2 is 1.57 bits per heavy atom. The van der Waals surface area contributed by atoms with Gasteiger partial charge in [-0.05, 0) is 55.0 Å². The Morgan fingerprint density at radius 1 is 0.933 bits per heavy atom. The van der Waals surface area contributed by atoms with Crippen molar-refractivity contribution >= 4 is 65.0 Å². The van der Waals surface area contributed by atoms with Gasteiger partial charge >= 0.3 is 6.03 Å². The first-order valence-electron chi connectivity index (χ1n) is 8.68. The number of aryl methyl sites for hydroxylation is 1. The quantitative estimate of drug-likeness (QED) is 0.382. The van der Waals surface area contributed by atoms with Crippen LogP contribution in [-0.2, 0) is 0 Å². The average Bonchev–Trinajstić information content (AvgIpc) is 2.70. The maximum atomic E-state index is 13.8. The molecule has 0 aromatic heterocycles. The van der Waals surface area contributed by atoms with E-state index in [1.165, 1.54) is 36.4 Å². The number of nitrogens with one attached hydrogen (secondary N) is 2. The molecule has 0 aliphatic rings. The molecule has 5 nitrogen and oxygen atoms in total. The van der Waals surface area contributed by atoms with Crippen molar-refractivity contribution < 1.29 is 14.0 Å². The van der Waals surface area contributed by atoms with Crippen LogP contribution in [-0.4, -0.2) is 11.9 Å². The van der Waals surface area contributed by atoms with E-state index < -0.39 is 17.8 Å². The van der Waals surface area contributed by atoms with Crippen LogP contribution in [0, 0.1) is 12.7 Å². The molecule has 0 saturated carbocycles. The summed E-state index contributed by atoms with van der Waals surface area (Å²) in [5.41, 5.74) is 1.92. The van der Waals surface area contributed by atoms with E-state index >= 15 is 0 Å². The Morgan fingerprint density at radius 3 is 2.23 bits per heavy atom. The highest BCUT2D eigenvalue weighted by atomic mass is 35.5. The average molecular weight is 464 g/mol. The molecule has 30 heavy (non-hydrogen) atoms. The Hall–Kier alpha value is -2.74. The number of benzene rings is 3. The van der Waals surface area contributed by atoms with Crippen molar-refractivity contribution in [3.05, 3.63) is 87.7 Å². The number of nitrogens with zero attached hydrogens (tertiary/aromatic N) is 1. The highest BCUT2D eigenvalue weighted by Gasteiger charge is 2.17. The van der Waals surface area contributed by atoms with Gasteiger partial charge in [0.2, 0.25) is 0 Å². The molecule has 0 atom stereocenters. The summed E-state index contributed by atoms with van der Waals surface area (Å²) < 4.78 is 14.8. The third-order valence-electron chi connectivity index (χ3n) is 4.17. The lowest BCUT2D eigenvalue weighted by Gasteiger charge is -2.19. The molecular formula is C21H16Cl2FN3O2S. The molecule has 154 valence electrons. The third-order valence-corrected chi connectivity index (χ3v) is 5.27. The number of carbonyl (C=O) groups is 2. The fraction of sp³-hybridized carbons (Fsp3) is 0.0476. The monoisotopic (exact) mass is 463 g/mol. The summed E-state index contributed by atoms with van der Waals surface area (Å²) in [5.74, 6) is -1.25. The smallest absolute Gasteiger partial charge is 0.322 e. The Kier molecular flexibility index (Phi) is 6.87. The molecule has 0 bridgehead atoms. The van der Waals surface area contributed by atoms with Gasteiger partial charge in [0.25, 0.3) is 5.91 Å². The number of urea groups is 1. The molecule has 0 aliphatic heterocycles. The first-order chi connectivity index (χ1) is 14.3. The summed E-state index contributed by atoms with van der Waals surface area (Å²) in [4.78, 5) is 24.7. The maximum Gasteiger partial charge on any atom is 0.336 e. The summed E-state index contributed by atoms with van der Waals surface area (Å²) in [7, 11) is 0. The predicted molar refractivity (Wildman–Crippen MR) is 122 cm³/mol. The minimum absolute atomic E-state index is 0.0929. The zero-order valence-electron chi connectivity index (χ0n) is 15.6. The molecule has 9 heteroatoms. The Balaban J connectivity index is 1.72. The molecule has 0 aliphatic carbocycles. The van der Waals surface area contributed by atoms with Crippen LogP contribution in [0.2, 0.25) is 10.0 Å². The molecule has 0 spiro atoms. The van der Waals surface area contributed by atoms with Crippen molar-refractivity contribution in [2.75, 3.05) is 14.9 Å². The van der Waals surface area contributed by atoms with Gasteiger partial charge in [-0.3, -0.25) is 4.79 Å². The lowest BCUT2D eigenvalue weighted by molar-refractivity contribution is 0.102. The van der Waals surface area contributed by atoms with E-state index in [0.29, 0.717) is 22.1 Å². The predicted octanol–water partition coefficient (Wildman–Crippen LogP) is 6.58. The number of carbonyl (C=O) groups excluding carboxylic acids is 2. The minimum Gasteiger partial charge on any atom is -0.322 e. The van der Waals surface area contributed by atoms with Crippen LogP contribution in [0.3, 0.4) is 0 Å². The lowest BCUT2D eigenvalue weighted by Crippen LogP contribution is -2.27. The summed E-state index contributed by atoms with van der Waals surface area (Å²) in [6.45, 7) is 1.85. The second-order valence-electron chi connectivity index (χ2n) is 6.31. The Labute approximate surface area is 188 Å². The van der Waals surface area contributed by atoms with Crippen molar-refractivity contribution in [2.24, 2.45) is 0 Å². The molecule has 0 saturated heterocycles. The zero-order chi connectivity index (χ0) is 21.8. The fourth-order valence-electron chi connectivity index (χ4n) is 2.56. The molecule has 2 N–H and O–H groups in total. The molecule has 3 amide bonds. The number of rotatable bonds is 4. The van der Waals surface area contributed by atoms with Crippen molar-refractivity contribution in [3.63, 3.8) is 0 Å². The number of hydrogen-bond donors (Lipinski definition) is 3. The van der Waals surface area contributed by atoms with Crippen molar-refractivity contribution in [1.82, 2.24) is 0 Å². The van der Waals surface area contributed by atoms with E-state index in [2.05, 4.69) is 23.4 Å². The topological polar surface area (TPSA) is 61.4 Å². The summed E-state index contributed by atoms with van der Waals surface area (Å²) in [6, 6.07) is 14.7. The normalized spacial score (nSPS) is 10.4. The fourth-order valence-corrected chi connectivity index (χ4v) is 3.29. The van der Waals surface area contributed by atoms with Crippen LogP contribution in [0.15, 0.2) is 60.7 Å². The van der Waals surface area contributed by atoms with Crippen LogP contribution in [0.4, 0.5) is 26.2 Å². The maximum absolute atomic E-state index is 13.8. The van der Waals surface area contributed by atoms with E-state index in [9.17, 15) is 14.0 Å². The van der Waals surface area contributed by atoms with E-state index in [1.54, 1.807) is 24.3 Å². The second-order valence-corrected chi connectivity index (χ2v) is 7.52. The number of thiol groups is 1. The molecule has 3 rings (SSSR count). The van der Waals surface area contributed by atoms with Gasteiger partial charge in [-0.2, -0.15) is 0 Å². The van der Waals surface area contributed by atoms with Crippen LogP contribution in [0.5, 0.6) is 0 Å². The van der Waals surface area contributed by atoms with Crippen molar-refractivity contribution in [1.29, 1.82) is 0 Å². The summed E-state index contributed by atoms with van der Waals surface area (Å²) >= 11 is 16.5. The van der Waals surface area contributed by atoms with Gasteiger partial charge in [0, 0.05) is 16.4 Å². The molecule has 0 fully saturated rings. The van der Waals surface area contributed by atoms with Crippen LogP contribution in [0.25, 0.3) is 0 Å².